The quantitative estimate of drug-likeness (QED) is 0.698. The molecule has 4 rings (SSSR count). The van der Waals surface area contributed by atoms with E-state index in [1.54, 1.807) is 18.3 Å². The van der Waals surface area contributed by atoms with Crippen LogP contribution in [0.25, 0.3) is 22.3 Å². The van der Waals surface area contributed by atoms with E-state index in [0.29, 0.717) is 16.5 Å². The van der Waals surface area contributed by atoms with Gasteiger partial charge in [0.05, 0.1) is 22.0 Å². The van der Waals surface area contributed by atoms with Crippen molar-refractivity contribution in [3.05, 3.63) is 52.7 Å². The van der Waals surface area contributed by atoms with Gasteiger partial charge in [-0.25, -0.2) is 4.79 Å². The minimum absolute atomic E-state index is 0.307. The van der Waals surface area contributed by atoms with Gasteiger partial charge in [-0.05, 0) is 48.6 Å². The first-order valence-corrected chi connectivity index (χ1v) is 8.91. The van der Waals surface area contributed by atoms with Gasteiger partial charge in [0.1, 0.15) is 0 Å². The number of hydrogen-bond donors (Lipinski definition) is 1. The third-order valence-electron chi connectivity index (χ3n) is 5.22. The van der Waals surface area contributed by atoms with E-state index in [2.05, 4.69) is 9.55 Å². The molecule has 0 atom stereocenters. The Bertz CT molecular complexity index is 954. The molecule has 4 nitrogen and oxygen atoms in total. The molecule has 128 valence electrons. The van der Waals surface area contributed by atoms with E-state index in [0.717, 1.165) is 22.3 Å². The van der Waals surface area contributed by atoms with Crippen molar-refractivity contribution in [1.29, 1.82) is 0 Å². The normalized spacial score (nSPS) is 15.1. The number of aromatic nitrogens is 2. The summed E-state index contributed by atoms with van der Waals surface area (Å²) < 4.78 is 2.08. The van der Waals surface area contributed by atoms with Gasteiger partial charge < -0.3 is 9.67 Å². The van der Waals surface area contributed by atoms with Crippen LogP contribution in [0, 0.1) is 0 Å². The van der Waals surface area contributed by atoms with Crippen molar-refractivity contribution in [2.75, 3.05) is 0 Å². The monoisotopic (exact) mass is 354 g/mol. The number of pyridine rings is 1. The molecule has 1 saturated carbocycles. The predicted molar refractivity (Wildman–Crippen MR) is 99.3 cm³/mol. The molecule has 1 aromatic carbocycles. The Morgan fingerprint density at radius 2 is 2.00 bits per heavy atom. The molecular formula is C20H19ClN2O2. The lowest BCUT2D eigenvalue weighted by atomic mass is 9.93. The molecule has 1 fully saturated rings. The number of aryl methyl sites for hydroxylation is 1. The number of hydrogen-bond acceptors (Lipinski definition) is 2. The summed E-state index contributed by atoms with van der Waals surface area (Å²) in [6.45, 7) is 0. The third-order valence-corrected chi connectivity index (χ3v) is 5.44. The fraction of sp³-hybridized carbons (Fsp3) is 0.300. The van der Waals surface area contributed by atoms with Gasteiger partial charge in [0.15, 0.2) is 0 Å². The lowest BCUT2D eigenvalue weighted by molar-refractivity contribution is 0.0697. The van der Waals surface area contributed by atoms with Crippen molar-refractivity contribution in [2.45, 2.75) is 31.6 Å². The molecule has 1 aliphatic carbocycles. The van der Waals surface area contributed by atoms with Gasteiger partial charge in [-0.15, -0.1) is 0 Å². The van der Waals surface area contributed by atoms with E-state index in [4.69, 9.17) is 11.6 Å². The standard InChI is InChI=1S/C20H19ClN2O2/c1-23-17-10-13(20(24)25)6-8-15(17)18(12-4-2-3-5-12)19(23)16-9-7-14(21)11-22-16/h6-12H,2-5H2,1H3,(H,24,25). The average Bonchev–Trinajstić information content (AvgIpc) is 3.22. The number of halogens is 1. The number of rotatable bonds is 3. The van der Waals surface area contributed by atoms with Crippen molar-refractivity contribution in [2.24, 2.45) is 7.05 Å². The van der Waals surface area contributed by atoms with Crippen LogP contribution in [-0.4, -0.2) is 20.6 Å². The van der Waals surface area contributed by atoms with Gasteiger partial charge in [-0.1, -0.05) is 30.5 Å². The number of nitrogens with zero attached hydrogens (tertiary/aromatic N) is 2. The summed E-state index contributed by atoms with van der Waals surface area (Å²) in [6, 6.07) is 9.19. The topological polar surface area (TPSA) is 55.1 Å². The summed E-state index contributed by atoms with van der Waals surface area (Å²) in [4.78, 5) is 15.9. The largest absolute Gasteiger partial charge is 0.478 e. The second-order valence-corrected chi connectivity index (χ2v) is 7.14. The molecule has 25 heavy (non-hydrogen) atoms. The van der Waals surface area contributed by atoms with Crippen LogP contribution in [0.1, 0.15) is 47.5 Å². The highest BCUT2D eigenvalue weighted by molar-refractivity contribution is 6.30. The zero-order chi connectivity index (χ0) is 17.6. The maximum Gasteiger partial charge on any atom is 0.335 e. The van der Waals surface area contributed by atoms with Crippen molar-refractivity contribution >= 4 is 28.5 Å². The van der Waals surface area contributed by atoms with Crippen LogP contribution in [-0.2, 0) is 7.05 Å². The molecule has 0 saturated heterocycles. The molecule has 5 heteroatoms. The molecule has 2 aromatic heterocycles. The molecule has 0 spiro atoms. The van der Waals surface area contributed by atoms with E-state index in [1.807, 2.05) is 25.2 Å². The van der Waals surface area contributed by atoms with Gasteiger partial charge in [0.2, 0.25) is 0 Å². The zero-order valence-electron chi connectivity index (χ0n) is 14.0. The maximum atomic E-state index is 11.4. The number of carbonyl (C=O) groups is 1. The Balaban J connectivity index is 2.01. The molecule has 1 N–H and O–H groups in total. The smallest absolute Gasteiger partial charge is 0.335 e. The molecule has 0 bridgehead atoms. The van der Waals surface area contributed by atoms with Gasteiger partial charge in [0.25, 0.3) is 0 Å². The minimum atomic E-state index is -0.906. The van der Waals surface area contributed by atoms with E-state index < -0.39 is 5.97 Å². The van der Waals surface area contributed by atoms with Gasteiger partial charge in [-0.2, -0.15) is 0 Å². The van der Waals surface area contributed by atoms with Crippen LogP contribution in [0.4, 0.5) is 0 Å². The molecule has 0 unspecified atom stereocenters. The highest BCUT2D eigenvalue weighted by Gasteiger charge is 2.27. The van der Waals surface area contributed by atoms with Crippen LogP contribution in [0.15, 0.2) is 36.5 Å². The fourth-order valence-electron chi connectivity index (χ4n) is 4.05. The predicted octanol–water partition coefficient (Wildman–Crippen LogP) is 5.25. The van der Waals surface area contributed by atoms with Crippen molar-refractivity contribution in [3.63, 3.8) is 0 Å². The fourth-order valence-corrected chi connectivity index (χ4v) is 4.16. The highest BCUT2D eigenvalue weighted by atomic mass is 35.5. The van der Waals surface area contributed by atoms with Crippen LogP contribution in [0.3, 0.4) is 0 Å². The van der Waals surface area contributed by atoms with E-state index in [9.17, 15) is 9.90 Å². The van der Waals surface area contributed by atoms with E-state index in [1.165, 1.54) is 31.2 Å². The van der Waals surface area contributed by atoms with Crippen molar-refractivity contribution in [3.8, 4) is 11.4 Å². The SMILES string of the molecule is Cn1c(-c2ccc(Cl)cn2)c(C2CCCC2)c2ccc(C(=O)O)cc21. The summed E-state index contributed by atoms with van der Waals surface area (Å²) in [5.74, 6) is -0.413. The first-order chi connectivity index (χ1) is 12.1. The number of carboxylic acid groups (broad SMARTS) is 1. The molecule has 0 radical (unpaired) electrons. The minimum Gasteiger partial charge on any atom is -0.478 e. The summed E-state index contributed by atoms with van der Waals surface area (Å²) in [7, 11) is 1.98. The third kappa shape index (κ3) is 2.71. The number of benzene rings is 1. The van der Waals surface area contributed by atoms with Gasteiger partial charge >= 0.3 is 5.97 Å². The Labute approximate surface area is 151 Å². The summed E-state index contributed by atoms with van der Waals surface area (Å²) >= 11 is 6.01. The zero-order valence-corrected chi connectivity index (χ0v) is 14.8. The number of aromatic carboxylic acids is 1. The summed E-state index contributed by atoms with van der Waals surface area (Å²) in [5, 5.41) is 11.1. The summed E-state index contributed by atoms with van der Waals surface area (Å²) in [5.41, 5.74) is 4.49. The number of fused-ring (bicyclic) bond motifs is 1. The second kappa shape index (κ2) is 6.19. The number of carboxylic acids is 1. The Morgan fingerprint density at radius 1 is 1.24 bits per heavy atom. The van der Waals surface area contributed by atoms with E-state index in [-0.39, 0.29) is 0 Å². The lowest BCUT2D eigenvalue weighted by Gasteiger charge is -2.13. The Kier molecular flexibility index (Phi) is 4.00. The van der Waals surface area contributed by atoms with Crippen LogP contribution >= 0.6 is 11.6 Å². The first-order valence-electron chi connectivity index (χ1n) is 8.54. The van der Waals surface area contributed by atoms with E-state index >= 15 is 0 Å². The van der Waals surface area contributed by atoms with Gasteiger partial charge in [0, 0.05) is 24.1 Å². The molecule has 3 aromatic rings. The average molecular weight is 355 g/mol. The van der Waals surface area contributed by atoms with Crippen LogP contribution < -0.4 is 0 Å². The highest BCUT2D eigenvalue weighted by Crippen LogP contribution is 2.44. The Hall–Kier alpha value is -2.33. The first kappa shape index (κ1) is 16.2. The van der Waals surface area contributed by atoms with Crippen LogP contribution in [0.5, 0.6) is 0 Å². The molecule has 0 aliphatic heterocycles. The second-order valence-electron chi connectivity index (χ2n) is 6.70. The maximum absolute atomic E-state index is 11.4. The Morgan fingerprint density at radius 3 is 2.64 bits per heavy atom. The van der Waals surface area contributed by atoms with Crippen molar-refractivity contribution in [1.82, 2.24) is 9.55 Å². The lowest BCUT2D eigenvalue weighted by Crippen LogP contribution is -1.99. The molecular weight excluding hydrogens is 336 g/mol. The molecule has 2 heterocycles. The molecule has 0 amide bonds. The van der Waals surface area contributed by atoms with Crippen LogP contribution in [0.2, 0.25) is 5.02 Å². The summed E-state index contributed by atoms with van der Waals surface area (Å²) in [6.07, 6.45) is 6.47. The van der Waals surface area contributed by atoms with Gasteiger partial charge in [-0.3, -0.25) is 4.98 Å². The molecule has 1 aliphatic rings. The van der Waals surface area contributed by atoms with Crippen molar-refractivity contribution < 1.29 is 9.90 Å².